The number of rotatable bonds is 4. The van der Waals surface area contributed by atoms with Crippen LogP contribution in [0.1, 0.15) is 36.1 Å². The molecule has 6 aromatic carbocycles. The molecule has 0 aliphatic carbocycles. The second-order valence-corrected chi connectivity index (χ2v) is 15.4. The van der Waals surface area contributed by atoms with E-state index in [0.29, 0.717) is 11.1 Å². The summed E-state index contributed by atoms with van der Waals surface area (Å²) < 4.78 is 79.2. The van der Waals surface area contributed by atoms with Gasteiger partial charge >= 0.3 is 50.2 Å². The molecule has 0 saturated heterocycles. The quantitative estimate of drug-likeness (QED) is 0.0947. The molecule has 0 heterocycles. The van der Waals surface area contributed by atoms with Crippen molar-refractivity contribution in [3.63, 3.8) is 0 Å². The average molecular weight is 795 g/mol. The minimum absolute atomic E-state index is 0.240. The van der Waals surface area contributed by atoms with Crippen LogP contribution in [0.3, 0.4) is 0 Å². The molecule has 0 N–H and O–H groups in total. The molecule has 0 fully saturated rings. The van der Waals surface area contributed by atoms with Crippen LogP contribution in [0, 0.1) is 0 Å². The molecule has 0 spiro atoms. The van der Waals surface area contributed by atoms with Crippen molar-refractivity contribution < 1.29 is 47.2 Å². The molecule has 0 bridgehead atoms. The Morgan fingerprint density at radius 1 is 0.562 bits per heavy atom. The zero-order valence-corrected chi connectivity index (χ0v) is 31.8. The Balaban J connectivity index is 0.000000224. The molecule has 6 aromatic rings. The van der Waals surface area contributed by atoms with Crippen LogP contribution in [0.5, 0.6) is 0 Å². The van der Waals surface area contributed by atoms with Gasteiger partial charge in [-0.2, -0.15) is 38.5 Å². The number of halogens is 8. The topological polar surface area (TPSA) is 0 Å². The van der Waals surface area contributed by atoms with Crippen molar-refractivity contribution in [1.82, 2.24) is 0 Å². The Bertz CT molecular complexity index is 1750. The molecule has 0 aromatic heterocycles. The third kappa shape index (κ3) is 10.2. The van der Waals surface area contributed by atoms with E-state index in [4.69, 9.17) is 17.0 Å². The molecule has 0 nitrogen and oxygen atoms in total. The van der Waals surface area contributed by atoms with Crippen LogP contribution in [0.15, 0.2) is 109 Å². The van der Waals surface area contributed by atoms with Crippen molar-refractivity contribution in [3.05, 3.63) is 131 Å². The predicted octanol–water partition coefficient (Wildman–Crippen LogP) is 13.8. The molecule has 250 valence electrons. The zero-order chi connectivity index (χ0) is 35.5. The minimum atomic E-state index is -4.35. The fourth-order valence-electron chi connectivity index (χ4n) is 5.40. The number of hydrogen-bond acceptors (Lipinski definition) is 0. The Morgan fingerprint density at radius 2 is 0.875 bits per heavy atom. The van der Waals surface area contributed by atoms with E-state index >= 15 is 0 Å². The van der Waals surface area contributed by atoms with Gasteiger partial charge in [0.2, 0.25) is 0 Å². The second-order valence-electron chi connectivity index (χ2n) is 10.7. The fraction of sp³-hybridized carbons (Fsp3) is 0.211. The van der Waals surface area contributed by atoms with Crippen molar-refractivity contribution in [1.29, 1.82) is 0 Å². The van der Waals surface area contributed by atoms with Crippen LogP contribution in [0.2, 0.25) is 13.1 Å². The third-order valence-corrected chi connectivity index (χ3v) is 7.48. The Kier molecular flexibility index (Phi) is 15.2. The number of aryl methyl sites for hydroxylation is 2. The van der Waals surface area contributed by atoms with Crippen LogP contribution < -0.4 is 0 Å². The molecule has 0 aliphatic rings. The molecule has 0 saturated carbocycles. The molecule has 2 radical (unpaired) electrons. The number of benzene rings is 4. The van der Waals surface area contributed by atoms with Gasteiger partial charge in [0.1, 0.15) is 0 Å². The van der Waals surface area contributed by atoms with Gasteiger partial charge in [-0.05, 0) is 36.1 Å². The summed E-state index contributed by atoms with van der Waals surface area (Å²) in [5.74, 6) is 0. The van der Waals surface area contributed by atoms with Crippen molar-refractivity contribution >= 4 is 48.1 Å². The standard InChI is InChI=1S/2C18H14F3.C2H6Si.2ClH.Zr/c2*1-2-12-10-13-6-5-8-14(16(13)11-12)15-7-3-4-9-17(15)18(19,20)21;1-3-2;;;/h2*3-11H,2H2,1H3;1-2H3;2*1H;/q2*-1;;;;+4/p-2. The van der Waals surface area contributed by atoms with Crippen LogP contribution >= 0.6 is 17.0 Å². The molecule has 10 heteroatoms. The van der Waals surface area contributed by atoms with E-state index in [1.807, 2.05) is 62.4 Å². The third-order valence-electron chi connectivity index (χ3n) is 7.48. The van der Waals surface area contributed by atoms with E-state index in [0.717, 1.165) is 67.2 Å². The summed E-state index contributed by atoms with van der Waals surface area (Å²) in [4.78, 5) is 0. The first-order valence-electron chi connectivity index (χ1n) is 15.1. The zero-order valence-electron chi connectivity index (χ0n) is 26.8. The molecule has 0 atom stereocenters. The Hall–Kier alpha value is -2.64. The fourth-order valence-corrected chi connectivity index (χ4v) is 5.40. The van der Waals surface area contributed by atoms with Crippen LogP contribution in [-0.4, -0.2) is 9.52 Å². The molecule has 0 amide bonds. The van der Waals surface area contributed by atoms with E-state index in [2.05, 4.69) is 13.1 Å². The van der Waals surface area contributed by atoms with E-state index in [1.54, 1.807) is 24.3 Å². The molecule has 0 aliphatic heterocycles. The Morgan fingerprint density at radius 3 is 1.19 bits per heavy atom. The molecular weight excluding hydrogens is 761 g/mol. The molecule has 48 heavy (non-hydrogen) atoms. The van der Waals surface area contributed by atoms with Crippen LogP contribution in [0.25, 0.3) is 43.8 Å². The molecule has 0 unspecified atom stereocenters. The van der Waals surface area contributed by atoms with Gasteiger partial charge in [0.05, 0.1) is 11.1 Å². The van der Waals surface area contributed by atoms with Gasteiger partial charge in [-0.1, -0.05) is 86.6 Å². The SMILES string of the molecule is CCc1cc2c(-c3ccccc3C(F)(F)F)cccc2[cH-]1.CCc1cc2c(-c3ccccc3C(F)(F)F)cccc2[cH-]1.C[Si]C.[Cl][Zr+2][Cl]. The average Bonchev–Trinajstić information content (AvgIpc) is 3.69. The number of alkyl halides is 6. The van der Waals surface area contributed by atoms with Gasteiger partial charge in [-0.25, -0.2) is 0 Å². The maximum atomic E-state index is 13.2. The monoisotopic (exact) mass is 792 g/mol. The van der Waals surface area contributed by atoms with Gasteiger partial charge in [-0.3, -0.25) is 0 Å². The van der Waals surface area contributed by atoms with Crippen molar-refractivity contribution in [3.8, 4) is 22.3 Å². The summed E-state index contributed by atoms with van der Waals surface area (Å²) in [6.45, 7) is 8.38. The summed E-state index contributed by atoms with van der Waals surface area (Å²) in [6, 6.07) is 30.5. The summed E-state index contributed by atoms with van der Waals surface area (Å²) in [5.41, 5.74) is 2.87. The van der Waals surface area contributed by atoms with Crippen LogP contribution in [-0.2, 0) is 46.0 Å². The van der Waals surface area contributed by atoms with E-state index in [1.165, 1.54) is 24.3 Å². The predicted molar refractivity (Wildman–Crippen MR) is 188 cm³/mol. The van der Waals surface area contributed by atoms with Crippen LogP contribution in [0.4, 0.5) is 26.3 Å². The summed E-state index contributed by atoms with van der Waals surface area (Å²) in [6.07, 6.45) is -6.96. The second kappa shape index (κ2) is 18.4. The van der Waals surface area contributed by atoms with Crippen molar-refractivity contribution in [2.75, 3.05) is 0 Å². The molecule has 6 rings (SSSR count). The van der Waals surface area contributed by atoms with Gasteiger partial charge in [-0.15, -0.1) is 69.1 Å². The first kappa shape index (κ1) is 39.8. The summed E-state index contributed by atoms with van der Waals surface area (Å²) in [5, 5.41) is 3.74. The first-order valence-corrected chi connectivity index (χ1v) is 23.4. The summed E-state index contributed by atoms with van der Waals surface area (Å²) in [7, 11) is 11.0. The van der Waals surface area contributed by atoms with E-state index in [-0.39, 0.29) is 11.1 Å². The summed E-state index contributed by atoms with van der Waals surface area (Å²) >= 11 is -0.826. The van der Waals surface area contributed by atoms with E-state index in [9.17, 15) is 26.3 Å². The number of hydrogen-bond donors (Lipinski definition) is 0. The maximum absolute atomic E-state index is 13.2. The molecular formula is C38H34Cl2F6SiZr. The first-order chi connectivity index (χ1) is 22.8. The Labute approximate surface area is 299 Å². The van der Waals surface area contributed by atoms with Gasteiger partial charge in [0.25, 0.3) is 0 Å². The number of fused-ring (bicyclic) bond motifs is 2. The van der Waals surface area contributed by atoms with Gasteiger partial charge in [0, 0.05) is 9.52 Å². The normalized spacial score (nSPS) is 11.1. The van der Waals surface area contributed by atoms with Crippen molar-refractivity contribution in [2.24, 2.45) is 0 Å². The van der Waals surface area contributed by atoms with Crippen molar-refractivity contribution in [2.45, 2.75) is 52.1 Å². The van der Waals surface area contributed by atoms with E-state index < -0.39 is 44.3 Å². The van der Waals surface area contributed by atoms with Gasteiger partial charge < -0.3 is 0 Å². The van der Waals surface area contributed by atoms with Gasteiger partial charge in [0.15, 0.2) is 0 Å².